The summed E-state index contributed by atoms with van der Waals surface area (Å²) in [7, 11) is 0. The van der Waals surface area contributed by atoms with Gasteiger partial charge in [-0.3, -0.25) is 4.98 Å². The van der Waals surface area contributed by atoms with Crippen molar-refractivity contribution in [1.29, 1.82) is 0 Å². The van der Waals surface area contributed by atoms with E-state index in [-0.39, 0.29) is 0 Å². The molecule has 1 aromatic heterocycles. The minimum Gasteiger partial charge on any atom is -0.378 e. The summed E-state index contributed by atoms with van der Waals surface area (Å²) < 4.78 is 0. The van der Waals surface area contributed by atoms with E-state index in [1.54, 1.807) is 0 Å². The number of nitrogens with zero attached hydrogens (tertiary/aromatic N) is 1. The molecule has 0 spiro atoms. The number of rotatable bonds is 2. The van der Waals surface area contributed by atoms with Gasteiger partial charge in [-0.15, -0.1) is 0 Å². The van der Waals surface area contributed by atoms with Crippen LogP contribution in [0, 0.1) is 0 Å². The molecule has 0 fully saturated rings. The Morgan fingerprint density at radius 3 is 2.52 bits per heavy atom. The van der Waals surface area contributed by atoms with Gasteiger partial charge in [-0.25, -0.2) is 0 Å². The van der Waals surface area contributed by atoms with Gasteiger partial charge in [0.1, 0.15) is 0 Å². The van der Waals surface area contributed by atoms with Crippen molar-refractivity contribution < 1.29 is 0 Å². The molecule has 2 heteroatoms. The van der Waals surface area contributed by atoms with Crippen LogP contribution in [0.3, 0.4) is 0 Å². The molecule has 1 aliphatic carbocycles. The molecule has 2 nitrogen and oxygen atoms in total. The van der Waals surface area contributed by atoms with Crippen LogP contribution in [0.5, 0.6) is 0 Å². The molecule has 140 valence electrons. The van der Waals surface area contributed by atoms with Crippen molar-refractivity contribution in [1.82, 2.24) is 4.98 Å². The maximum Gasteiger partial charge on any atom is 0.0722 e. The van der Waals surface area contributed by atoms with E-state index in [2.05, 4.69) is 83.1 Å². The summed E-state index contributed by atoms with van der Waals surface area (Å²) in [4.78, 5) is 4.51. The molecule has 0 amide bonds. The normalized spacial score (nSPS) is 16.2. The van der Waals surface area contributed by atoms with Gasteiger partial charge < -0.3 is 5.32 Å². The highest BCUT2D eigenvalue weighted by atomic mass is 14.9. The average Bonchev–Trinajstić information content (AvgIpc) is 2.79. The molecular formula is C27H22N2. The van der Waals surface area contributed by atoms with Crippen LogP contribution >= 0.6 is 0 Å². The Morgan fingerprint density at radius 1 is 0.724 bits per heavy atom. The van der Waals surface area contributed by atoms with E-state index in [1.165, 1.54) is 50.2 Å². The SMILES string of the molecule is c1ccc2c(c1)ccc1c3c(ccc12)C(Nc1ccnc2ccccc12)CCC3. The number of pyridine rings is 1. The quantitative estimate of drug-likeness (QED) is 0.335. The maximum absolute atomic E-state index is 4.51. The molecule has 0 saturated carbocycles. The van der Waals surface area contributed by atoms with Crippen LogP contribution in [-0.4, -0.2) is 4.98 Å². The highest BCUT2D eigenvalue weighted by Gasteiger charge is 2.22. The smallest absolute Gasteiger partial charge is 0.0722 e. The first-order chi connectivity index (χ1) is 14.4. The molecule has 0 aliphatic heterocycles. The van der Waals surface area contributed by atoms with Crippen LogP contribution in [-0.2, 0) is 6.42 Å². The van der Waals surface area contributed by atoms with Crippen LogP contribution in [0.4, 0.5) is 5.69 Å². The zero-order valence-corrected chi connectivity index (χ0v) is 16.2. The highest BCUT2D eigenvalue weighted by Crippen LogP contribution is 2.39. The van der Waals surface area contributed by atoms with E-state index in [1.807, 2.05) is 12.3 Å². The molecular weight excluding hydrogens is 352 g/mol. The second-order valence-corrected chi connectivity index (χ2v) is 7.98. The van der Waals surface area contributed by atoms with E-state index in [0.717, 1.165) is 18.4 Å². The number of hydrogen-bond acceptors (Lipinski definition) is 2. The lowest BCUT2D eigenvalue weighted by atomic mass is 9.83. The minimum absolute atomic E-state index is 0.334. The third-order valence-electron chi connectivity index (χ3n) is 6.35. The van der Waals surface area contributed by atoms with Crippen LogP contribution in [0.25, 0.3) is 32.4 Å². The molecule has 0 bridgehead atoms. The summed E-state index contributed by atoms with van der Waals surface area (Å²) in [6.07, 6.45) is 5.42. The topological polar surface area (TPSA) is 24.9 Å². The Bertz CT molecular complexity index is 1360. The lowest BCUT2D eigenvalue weighted by Gasteiger charge is -2.29. The van der Waals surface area contributed by atoms with E-state index in [4.69, 9.17) is 0 Å². The number of aryl methyl sites for hydroxylation is 1. The number of anilines is 1. The third-order valence-corrected chi connectivity index (χ3v) is 6.35. The summed E-state index contributed by atoms with van der Waals surface area (Å²) in [5.74, 6) is 0. The fourth-order valence-corrected chi connectivity index (χ4v) is 4.97. The van der Waals surface area contributed by atoms with E-state index in [0.29, 0.717) is 6.04 Å². The van der Waals surface area contributed by atoms with Crippen LogP contribution < -0.4 is 5.32 Å². The number of hydrogen-bond donors (Lipinski definition) is 1. The van der Waals surface area contributed by atoms with Crippen LogP contribution in [0.15, 0.2) is 85.1 Å². The van der Waals surface area contributed by atoms with Gasteiger partial charge in [0, 0.05) is 17.3 Å². The zero-order chi connectivity index (χ0) is 19.2. The Labute approximate surface area is 170 Å². The van der Waals surface area contributed by atoms with Gasteiger partial charge in [-0.05, 0) is 64.1 Å². The number of nitrogens with one attached hydrogen (secondary N) is 1. The predicted molar refractivity (Wildman–Crippen MR) is 122 cm³/mol. The van der Waals surface area contributed by atoms with Crippen molar-refractivity contribution in [2.24, 2.45) is 0 Å². The second-order valence-electron chi connectivity index (χ2n) is 7.98. The Balaban J connectivity index is 1.48. The lowest BCUT2D eigenvalue weighted by Crippen LogP contribution is -2.18. The van der Waals surface area contributed by atoms with Gasteiger partial charge in [0.2, 0.25) is 0 Å². The summed E-state index contributed by atoms with van der Waals surface area (Å²) in [5, 5.41) is 10.5. The van der Waals surface area contributed by atoms with Crippen molar-refractivity contribution in [3.63, 3.8) is 0 Å². The van der Waals surface area contributed by atoms with Crippen molar-refractivity contribution in [3.8, 4) is 0 Å². The van der Waals surface area contributed by atoms with Gasteiger partial charge in [-0.1, -0.05) is 66.7 Å². The first kappa shape index (κ1) is 16.6. The predicted octanol–water partition coefficient (Wildman–Crippen LogP) is 7.03. The number of aromatic nitrogens is 1. The highest BCUT2D eigenvalue weighted by molar-refractivity contribution is 6.08. The Morgan fingerprint density at radius 2 is 1.55 bits per heavy atom. The monoisotopic (exact) mass is 374 g/mol. The molecule has 1 aliphatic rings. The molecule has 0 radical (unpaired) electrons. The Hall–Kier alpha value is -3.39. The Kier molecular flexibility index (Phi) is 3.76. The molecule has 1 N–H and O–H groups in total. The first-order valence-electron chi connectivity index (χ1n) is 10.4. The van der Waals surface area contributed by atoms with Gasteiger partial charge in [-0.2, -0.15) is 0 Å². The van der Waals surface area contributed by atoms with Crippen molar-refractivity contribution >= 4 is 38.1 Å². The number of para-hydroxylation sites is 1. The summed E-state index contributed by atoms with van der Waals surface area (Å²) in [5.41, 5.74) is 5.17. The molecule has 1 heterocycles. The second kappa shape index (κ2) is 6.59. The summed E-state index contributed by atoms with van der Waals surface area (Å²) in [6.45, 7) is 0. The molecule has 1 unspecified atom stereocenters. The van der Waals surface area contributed by atoms with Gasteiger partial charge in [0.25, 0.3) is 0 Å². The van der Waals surface area contributed by atoms with E-state index >= 15 is 0 Å². The number of benzene rings is 4. The fraction of sp³-hybridized carbons (Fsp3) is 0.148. The lowest BCUT2D eigenvalue weighted by molar-refractivity contribution is 0.604. The molecule has 29 heavy (non-hydrogen) atoms. The third kappa shape index (κ3) is 2.67. The number of fused-ring (bicyclic) bond motifs is 6. The van der Waals surface area contributed by atoms with Crippen molar-refractivity contribution in [3.05, 3.63) is 96.2 Å². The zero-order valence-electron chi connectivity index (χ0n) is 16.2. The van der Waals surface area contributed by atoms with Crippen LogP contribution in [0.1, 0.15) is 30.0 Å². The average molecular weight is 374 g/mol. The van der Waals surface area contributed by atoms with Crippen molar-refractivity contribution in [2.75, 3.05) is 5.32 Å². The largest absolute Gasteiger partial charge is 0.378 e. The van der Waals surface area contributed by atoms with Gasteiger partial charge in [0.05, 0.1) is 11.6 Å². The van der Waals surface area contributed by atoms with E-state index < -0.39 is 0 Å². The molecule has 6 rings (SSSR count). The molecule has 4 aromatic carbocycles. The van der Waals surface area contributed by atoms with Gasteiger partial charge in [0.15, 0.2) is 0 Å². The van der Waals surface area contributed by atoms with Crippen molar-refractivity contribution in [2.45, 2.75) is 25.3 Å². The molecule has 0 saturated heterocycles. The van der Waals surface area contributed by atoms with E-state index in [9.17, 15) is 0 Å². The summed E-state index contributed by atoms with van der Waals surface area (Å²) >= 11 is 0. The van der Waals surface area contributed by atoms with Gasteiger partial charge >= 0.3 is 0 Å². The first-order valence-corrected chi connectivity index (χ1v) is 10.4. The van der Waals surface area contributed by atoms with Crippen LogP contribution in [0.2, 0.25) is 0 Å². The minimum atomic E-state index is 0.334. The maximum atomic E-state index is 4.51. The molecule has 5 aromatic rings. The standard InChI is InChI=1S/C27H22N2/c1-2-7-19-18(6-1)12-13-22-20-9-5-11-26(23(20)15-14-21(19)22)29-27-16-17-28-25-10-4-3-8-24(25)27/h1-4,6-8,10,12-17,26H,5,9,11H2,(H,28,29). The fourth-order valence-electron chi connectivity index (χ4n) is 4.97. The summed E-state index contributed by atoms with van der Waals surface area (Å²) in [6, 6.07) is 28.8. The molecule has 1 atom stereocenters.